The molecule has 0 aliphatic rings. The first kappa shape index (κ1) is 43.8. The van der Waals surface area contributed by atoms with Crippen molar-refractivity contribution in [2.24, 2.45) is 0 Å². The summed E-state index contributed by atoms with van der Waals surface area (Å²) < 4.78 is 0. The Morgan fingerprint density at radius 3 is 0.667 bits per heavy atom. The summed E-state index contributed by atoms with van der Waals surface area (Å²) in [6.45, 7) is 0. The van der Waals surface area contributed by atoms with Gasteiger partial charge in [-0.05, 0) is 0 Å². The zero-order valence-corrected chi connectivity index (χ0v) is 8.90. The average Bonchev–Trinajstić information content (AvgIpc) is 1.00. The van der Waals surface area contributed by atoms with E-state index in [4.69, 9.17) is 0 Å². The van der Waals surface area contributed by atoms with E-state index in [0.717, 1.165) is 0 Å². The van der Waals surface area contributed by atoms with Crippen LogP contribution in [0.5, 0.6) is 0 Å². The number of hydrogen-bond donors (Lipinski definition) is 0. The molecule has 0 nitrogen and oxygen atoms in total. The predicted octanol–water partition coefficient (Wildman–Crippen LogP) is 1.89. The van der Waals surface area contributed by atoms with E-state index in [9.17, 15) is 0 Å². The van der Waals surface area contributed by atoms with E-state index in [1.165, 1.54) is 0 Å². The average molecular weight is 283 g/mol. The Bertz CT molecular complexity index is 7.51. The van der Waals surface area contributed by atoms with E-state index >= 15 is 0 Å². The van der Waals surface area contributed by atoms with Gasteiger partial charge >= 0.3 is 27.9 Å². The minimum atomic E-state index is 0. The Balaban J connectivity index is -0.000000000833. The molecule has 0 amide bonds. The fraction of sp³-hybridized carbons (Fsp3) is 1.00. The second-order valence-electron chi connectivity index (χ2n) is 0. The molecule has 0 unspecified atom stereocenters. The fourth-order valence-electron chi connectivity index (χ4n) is 0. The second kappa shape index (κ2) is 63.7. The molecule has 0 rings (SSSR count). The monoisotopic (exact) mass is 280 g/mol. The first-order valence-electron chi connectivity index (χ1n) is 0.447. The van der Waals surface area contributed by atoms with Gasteiger partial charge in [-0.3, -0.25) is 0 Å². The van der Waals surface area contributed by atoms with E-state index in [2.05, 4.69) is 4.87 Å². The quantitative estimate of drug-likeness (QED) is 0.595. The summed E-state index contributed by atoms with van der Waals surface area (Å²) in [5.74, 6) is 0. The third kappa shape index (κ3) is 37.9. The molecule has 0 saturated heterocycles. The zero-order chi connectivity index (χ0) is 2.00. The molecule has 5 heteroatoms. The van der Waals surface area contributed by atoms with Gasteiger partial charge in [0.05, 0.1) is 0 Å². The molecule has 0 N–H and O–H groups in total. The van der Waals surface area contributed by atoms with Gasteiger partial charge in [0.25, 0.3) is 0 Å². The molecule has 0 aliphatic carbocycles. The van der Waals surface area contributed by atoms with Gasteiger partial charge in [-0.1, -0.05) is 0 Å². The van der Waals surface area contributed by atoms with E-state index in [1.807, 2.05) is 0 Å². The molecule has 0 aliphatic heterocycles. The predicted molar refractivity (Wildman–Crippen MR) is 40.6 cm³/mol. The van der Waals surface area contributed by atoms with Crippen LogP contribution in [0, 0.1) is 0 Å². The second-order valence-corrected chi connectivity index (χ2v) is 0. The zero-order valence-electron chi connectivity index (χ0n) is 3.08. The van der Waals surface area contributed by atoms with Gasteiger partial charge in [-0.2, -0.15) is 0 Å². The van der Waals surface area contributed by atoms with Crippen LogP contribution in [0.25, 0.3) is 0 Å². The molecular formula is CH7Cl4Sb. The van der Waals surface area contributed by atoms with Crippen molar-refractivity contribution in [3.63, 3.8) is 0 Å². The number of rotatable bonds is 0. The van der Waals surface area contributed by atoms with Crippen LogP contribution in [0.2, 0.25) is 4.87 Å². The first-order chi connectivity index (χ1) is 1.00. The SMILES string of the molecule is Cl.Cl.Cl.Cl.[CH3][Sb]. The Morgan fingerprint density at radius 1 is 0.667 bits per heavy atom. The summed E-state index contributed by atoms with van der Waals surface area (Å²) in [6, 6.07) is 0. The maximum atomic E-state index is 2.05. The van der Waals surface area contributed by atoms with Gasteiger partial charge < -0.3 is 0 Å². The van der Waals surface area contributed by atoms with Crippen molar-refractivity contribution >= 4 is 72.7 Å². The molecule has 0 spiro atoms. The summed E-state index contributed by atoms with van der Waals surface area (Å²) >= 11 is 1.75. The fourth-order valence-corrected chi connectivity index (χ4v) is 0. The Labute approximate surface area is 77.0 Å². The van der Waals surface area contributed by atoms with E-state index in [-0.39, 0.29) is 49.6 Å². The summed E-state index contributed by atoms with van der Waals surface area (Å²) in [5, 5.41) is 0. The summed E-state index contributed by atoms with van der Waals surface area (Å²) in [4.78, 5) is 2.05. The standard InChI is InChI=1S/CH3.4ClH.Sb/h1H3;4*1H;. The van der Waals surface area contributed by atoms with Crippen molar-refractivity contribution in [3.05, 3.63) is 0 Å². The van der Waals surface area contributed by atoms with E-state index in [1.54, 1.807) is 23.0 Å². The molecule has 0 atom stereocenters. The van der Waals surface area contributed by atoms with Crippen LogP contribution in [0.3, 0.4) is 0 Å². The van der Waals surface area contributed by atoms with E-state index < -0.39 is 0 Å². The van der Waals surface area contributed by atoms with Crippen molar-refractivity contribution in [2.45, 2.75) is 4.87 Å². The third-order valence-corrected chi connectivity index (χ3v) is 0. The van der Waals surface area contributed by atoms with Crippen LogP contribution >= 0.6 is 49.6 Å². The van der Waals surface area contributed by atoms with Gasteiger partial charge in [0.15, 0.2) is 0 Å². The molecule has 0 saturated carbocycles. The van der Waals surface area contributed by atoms with Crippen LogP contribution in [0.4, 0.5) is 0 Å². The molecule has 6 heavy (non-hydrogen) atoms. The van der Waals surface area contributed by atoms with Crippen molar-refractivity contribution in [1.29, 1.82) is 0 Å². The maximum absolute atomic E-state index is 2.05. The first-order valence-corrected chi connectivity index (χ1v) is 3.00. The molecule has 0 fully saturated rings. The molecule has 0 aromatic carbocycles. The van der Waals surface area contributed by atoms with Gasteiger partial charge in [-0.15, -0.1) is 49.6 Å². The Hall–Kier alpha value is 1.98. The van der Waals surface area contributed by atoms with Crippen LogP contribution in [0.15, 0.2) is 0 Å². The molecule has 44 valence electrons. The van der Waals surface area contributed by atoms with Gasteiger partial charge in [0, 0.05) is 0 Å². The van der Waals surface area contributed by atoms with E-state index in [0.29, 0.717) is 0 Å². The molecule has 2 radical (unpaired) electrons. The summed E-state index contributed by atoms with van der Waals surface area (Å²) in [5.41, 5.74) is 0. The van der Waals surface area contributed by atoms with Gasteiger partial charge in [-0.25, -0.2) is 0 Å². The molecule has 0 bridgehead atoms. The van der Waals surface area contributed by atoms with Crippen molar-refractivity contribution < 1.29 is 0 Å². The Morgan fingerprint density at radius 2 is 0.667 bits per heavy atom. The molecule has 0 aromatic heterocycles. The van der Waals surface area contributed by atoms with Gasteiger partial charge in [0.2, 0.25) is 0 Å². The summed E-state index contributed by atoms with van der Waals surface area (Å²) in [7, 11) is 0. The molecular weight excluding hydrogens is 276 g/mol. The van der Waals surface area contributed by atoms with Crippen LogP contribution in [-0.2, 0) is 0 Å². The number of hydrogen-bond acceptors (Lipinski definition) is 0. The molecule has 0 heterocycles. The van der Waals surface area contributed by atoms with Crippen molar-refractivity contribution in [3.8, 4) is 0 Å². The van der Waals surface area contributed by atoms with Crippen LogP contribution in [-0.4, -0.2) is 23.0 Å². The van der Waals surface area contributed by atoms with Crippen LogP contribution < -0.4 is 0 Å². The van der Waals surface area contributed by atoms with Gasteiger partial charge in [0.1, 0.15) is 0 Å². The van der Waals surface area contributed by atoms with Crippen molar-refractivity contribution in [1.82, 2.24) is 0 Å². The minimum absolute atomic E-state index is 0. The van der Waals surface area contributed by atoms with Crippen molar-refractivity contribution in [2.75, 3.05) is 0 Å². The molecule has 0 aromatic rings. The third-order valence-electron chi connectivity index (χ3n) is 0. The topological polar surface area (TPSA) is 0 Å². The normalized spacial score (nSPS) is 1.00. The summed E-state index contributed by atoms with van der Waals surface area (Å²) in [6.07, 6.45) is 0. The van der Waals surface area contributed by atoms with Crippen LogP contribution in [0.1, 0.15) is 0 Å². The number of halogens is 4. The Kier molecular flexibility index (Phi) is 465.